The van der Waals surface area contributed by atoms with Crippen LogP contribution in [0.3, 0.4) is 0 Å². The molecule has 0 radical (unpaired) electrons. The summed E-state index contributed by atoms with van der Waals surface area (Å²) in [6, 6.07) is -0.0206. The van der Waals surface area contributed by atoms with Crippen LogP contribution in [-0.2, 0) is 4.79 Å². The van der Waals surface area contributed by atoms with Crippen molar-refractivity contribution in [2.75, 3.05) is 13.1 Å². The second-order valence-electron chi connectivity index (χ2n) is 4.93. The standard InChI is InChI=1S/C11H14F2N4O/c12-10(13)9-6-17(15-14-9)8-3-4-16(5-8)11(18)7-1-2-7/h6-8,10H,1-5H2. The van der Waals surface area contributed by atoms with Crippen LogP contribution in [0.25, 0.3) is 0 Å². The lowest BCUT2D eigenvalue weighted by molar-refractivity contribution is -0.131. The fourth-order valence-corrected chi connectivity index (χ4v) is 2.32. The summed E-state index contributed by atoms with van der Waals surface area (Å²) < 4.78 is 26.3. The summed E-state index contributed by atoms with van der Waals surface area (Å²) in [7, 11) is 0. The van der Waals surface area contributed by atoms with E-state index in [0.29, 0.717) is 13.1 Å². The number of hydrogen-bond donors (Lipinski definition) is 0. The van der Waals surface area contributed by atoms with Crippen LogP contribution < -0.4 is 0 Å². The SMILES string of the molecule is O=C(C1CC1)N1CCC(n2cc(C(F)F)nn2)C1. The Labute approximate surface area is 103 Å². The zero-order chi connectivity index (χ0) is 12.7. The van der Waals surface area contributed by atoms with E-state index in [4.69, 9.17) is 0 Å². The maximum absolute atomic E-state index is 12.4. The second-order valence-corrected chi connectivity index (χ2v) is 4.93. The topological polar surface area (TPSA) is 51.0 Å². The van der Waals surface area contributed by atoms with Gasteiger partial charge in [-0.05, 0) is 19.3 Å². The Morgan fingerprint density at radius 3 is 2.78 bits per heavy atom. The Morgan fingerprint density at radius 1 is 1.39 bits per heavy atom. The smallest absolute Gasteiger partial charge is 0.283 e. The first-order chi connectivity index (χ1) is 8.65. The highest BCUT2D eigenvalue weighted by Crippen LogP contribution is 2.33. The first-order valence-corrected chi connectivity index (χ1v) is 6.14. The van der Waals surface area contributed by atoms with Crippen molar-refractivity contribution in [3.63, 3.8) is 0 Å². The molecule has 3 rings (SSSR count). The van der Waals surface area contributed by atoms with E-state index in [1.54, 1.807) is 0 Å². The van der Waals surface area contributed by atoms with Crippen molar-refractivity contribution in [3.8, 4) is 0 Å². The molecule has 18 heavy (non-hydrogen) atoms. The number of hydrogen-bond acceptors (Lipinski definition) is 3. The molecule has 1 unspecified atom stereocenters. The molecule has 98 valence electrons. The van der Waals surface area contributed by atoms with E-state index in [1.165, 1.54) is 10.9 Å². The van der Waals surface area contributed by atoms with E-state index in [-0.39, 0.29) is 23.6 Å². The highest BCUT2D eigenvalue weighted by Gasteiger charge is 2.37. The van der Waals surface area contributed by atoms with Gasteiger partial charge in [0.15, 0.2) is 0 Å². The molecule has 1 saturated heterocycles. The summed E-state index contributed by atoms with van der Waals surface area (Å²) in [5, 5.41) is 7.16. The number of likely N-dealkylation sites (tertiary alicyclic amines) is 1. The van der Waals surface area contributed by atoms with Gasteiger partial charge in [-0.25, -0.2) is 13.5 Å². The summed E-state index contributed by atoms with van der Waals surface area (Å²) >= 11 is 0. The Morgan fingerprint density at radius 2 is 2.17 bits per heavy atom. The number of aromatic nitrogens is 3. The van der Waals surface area contributed by atoms with E-state index in [1.807, 2.05) is 4.90 Å². The molecule has 1 amide bonds. The summed E-state index contributed by atoms with van der Waals surface area (Å²) in [5.41, 5.74) is -0.304. The van der Waals surface area contributed by atoms with Crippen molar-refractivity contribution in [1.29, 1.82) is 0 Å². The summed E-state index contributed by atoms with van der Waals surface area (Å²) in [4.78, 5) is 13.7. The molecule has 0 aromatic carbocycles. The minimum absolute atomic E-state index is 0.0206. The van der Waals surface area contributed by atoms with Crippen molar-refractivity contribution >= 4 is 5.91 Å². The minimum atomic E-state index is -2.59. The first kappa shape index (κ1) is 11.6. The summed E-state index contributed by atoms with van der Waals surface area (Å²) in [6.07, 6.45) is 1.41. The molecule has 7 heteroatoms. The van der Waals surface area contributed by atoms with Crippen molar-refractivity contribution < 1.29 is 13.6 Å². The quantitative estimate of drug-likeness (QED) is 0.821. The first-order valence-electron chi connectivity index (χ1n) is 6.14. The molecule has 0 spiro atoms. The Kier molecular flexibility index (Phi) is 2.76. The summed E-state index contributed by atoms with van der Waals surface area (Å²) in [5.74, 6) is 0.405. The fourth-order valence-electron chi connectivity index (χ4n) is 2.32. The molecule has 1 saturated carbocycles. The number of carbonyl (C=O) groups is 1. The van der Waals surface area contributed by atoms with Crippen LogP contribution >= 0.6 is 0 Å². The van der Waals surface area contributed by atoms with Gasteiger partial charge in [-0.3, -0.25) is 4.79 Å². The van der Waals surface area contributed by atoms with E-state index in [9.17, 15) is 13.6 Å². The van der Waals surface area contributed by atoms with E-state index in [2.05, 4.69) is 10.3 Å². The third-order valence-corrected chi connectivity index (χ3v) is 3.53. The highest BCUT2D eigenvalue weighted by molar-refractivity contribution is 5.81. The molecule has 1 atom stereocenters. The molecule has 2 heterocycles. The molecule has 0 bridgehead atoms. The van der Waals surface area contributed by atoms with Gasteiger partial charge in [0.25, 0.3) is 6.43 Å². The molecular weight excluding hydrogens is 242 g/mol. The van der Waals surface area contributed by atoms with Gasteiger partial charge in [0.1, 0.15) is 5.69 Å². The maximum Gasteiger partial charge on any atom is 0.283 e. The minimum Gasteiger partial charge on any atom is -0.340 e. The van der Waals surface area contributed by atoms with Crippen molar-refractivity contribution in [1.82, 2.24) is 19.9 Å². The maximum atomic E-state index is 12.4. The van der Waals surface area contributed by atoms with Gasteiger partial charge in [-0.2, -0.15) is 0 Å². The van der Waals surface area contributed by atoms with Gasteiger partial charge in [0.05, 0.1) is 12.2 Å². The zero-order valence-electron chi connectivity index (χ0n) is 9.80. The zero-order valence-corrected chi connectivity index (χ0v) is 9.80. The summed E-state index contributed by atoms with van der Waals surface area (Å²) in [6.45, 7) is 1.24. The van der Waals surface area contributed by atoms with Crippen LogP contribution in [0.15, 0.2) is 6.20 Å². The molecule has 0 N–H and O–H groups in total. The van der Waals surface area contributed by atoms with E-state index < -0.39 is 6.43 Å². The fraction of sp³-hybridized carbons (Fsp3) is 0.727. The van der Waals surface area contributed by atoms with Crippen molar-refractivity contribution in [2.24, 2.45) is 5.92 Å². The molecule has 2 aliphatic rings. The van der Waals surface area contributed by atoms with Gasteiger partial charge >= 0.3 is 0 Å². The van der Waals surface area contributed by atoms with Crippen molar-refractivity contribution in [3.05, 3.63) is 11.9 Å². The van der Waals surface area contributed by atoms with Gasteiger partial charge in [-0.1, -0.05) is 5.21 Å². The Bertz CT molecular complexity index is 458. The second kappa shape index (κ2) is 4.29. The van der Waals surface area contributed by atoms with Crippen molar-refractivity contribution in [2.45, 2.75) is 31.7 Å². The Balaban J connectivity index is 1.65. The third kappa shape index (κ3) is 2.09. The van der Waals surface area contributed by atoms with Crippen LogP contribution in [0.1, 0.15) is 37.4 Å². The molecule has 2 fully saturated rings. The number of carbonyl (C=O) groups excluding carboxylic acids is 1. The number of amides is 1. The predicted molar refractivity (Wildman–Crippen MR) is 57.9 cm³/mol. The Hall–Kier alpha value is -1.53. The van der Waals surface area contributed by atoms with Crippen LogP contribution in [0.2, 0.25) is 0 Å². The third-order valence-electron chi connectivity index (χ3n) is 3.53. The van der Waals surface area contributed by atoms with Gasteiger partial charge in [0, 0.05) is 19.0 Å². The monoisotopic (exact) mass is 256 g/mol. The van der Waals surface area contributed by atoms with Crippen LogP contribution in [0.5, 0.6) is 0 Å². The predicted octanol–water partition coefficient (Wildman–Crippen LogP) is 1.40. The molecule has 1 aliphatic heterocycles. The molecule has 1 aromatic heterocycles. The highest BCUT2D eigenvalue weighted by atomic mass is 19.3. The lowest BCUT2D eigenvalue weighted by atomic mass is 10.3. The van der Waals surface area contributed by atoms with Crippen LogP contribution in [-0.4, -0.2) is 38.9 Å². The van der Waals surface area contributed by atoms with E-state index in [0.717, 1.165) is 19.3 Å². The van der Waals surface area contributed by atoms with Crippen LogP contribution in [0.4, 0.5) is 8.78 Å². The van der Waals surface area contributed by atoms with Crippen LogP contribution in [0, 0.1) is 5.92 Å². The molecular formula is C11H14F2N4O. The number of nitrogens with zero attached hydrogens (tertiary/aromatic N) is 4. The lowest BCUT2D eigenvalue weighted by Gasteiger charge is -2.15. The van der Waals surface area contributed by atoms with E-state index >= 15 is 0 Å². The molecule has 1 aliphatic carbocycles. The number of halogens is 2. The average Bonchev–Trinajstić information content (AvgIpc) is 2.90. The average molecular weight is 256 g/mol. The van der Waals surface area contributed by atoms with Gasteiger partial charge < -0.3 is 4.90 Å². The lowest BCUT2D eigenvalue weighted by Crippen LogP contribution is -2.30. The molecule has 1 aromatic rings. The van der Waals surface area contributed by atoms with Gasteiger partial charge in [0.2, 0.25) is 5.91 Å². The number of rotatable bonds is 3. The number of alkyl halides is 2. The molecule has 5 nitrogen and oxygen atoms in total. The largest absolute Gasteiger partial charge is 0.340 e. The van der Waals surface area contributed by atoms with Gasteiger partial charge in [-0.15, -0.1) is 5.10 Å². The normalized spacial score (nSPS) is 23.9.